The van der Waals surface area contributed by atoms with Crippen LogP contribution in [0.4, 0.5) is 0 Å². The van der Waals surface area contributed by atoms with E-state index in [1.807, 2.05) is 18.2 Å². The van der Waals surface area contributed by atoms with Gasteiger partial charge < -0.3 is 0 Å². The lowest BCUT2D eigenvalue weighted by Gasteiger charge is -1.97. The van der Waals surface area contributed by atoms with Crippen LogP contribution in [0, 0.1) is 0 Å². The minimum absolute atomic E-state index is 0.813. The van der Waals surface area contributed by atoms with E-state index >= 15 is 0 Å². The molecule has 1 radical (unpaired) electrons. The van der Waals surface area contributed by atoms with Gasteiger partial charge in [-0.3, -0.25) is 0 Å². The Hall–Kier alpha value is -1.64. The molecule has 0 saturated carbocycles. The average Bonchev–Trinajstić information content (AvgIpc) is 2.59. The van der Waals surface area contributed by atoms with E-state index in [2.05, 4.69) is 27.9 Å². The van der Waals surface area contributed by atoms with Gasteiger partial charge in [0.1, 0.15) is 0 Å². The van der Waals surface area contributed by atoms with Gasteiger partial charge in [0.2, 0.25) is 0 Å². The molecule has 59 valence electrons. The molecule has 0 fully saturated rings. The van der Waals surface area contributed by atoms with Crippen LogP contribution in [0.15, 0.2) is 52.6 Å². The third kappa shape index (κ3) is 1.50. The molecule has 1 heterocycles. The molecule has 0 saturated heterocycles. The Kier molecular flexibility index (Phi) is 1.86. The maximum absolute atomic E-state index is 3.85. The zero-order valence-corrected chi connectivity index (χ0v) is 6.51. The molecule has 1 aromatic rings. The summed E-state index contributed by atoms with van der Waals surface area (Å²) in [4.78, 5) is 0. The smallest absolute Gasteiger partial charge is 0.0894 e. The van der Waals surface area contributed by atoms with Crippen LogP contribution < -0.4 is 5.43 Å². The lowest BCUT2D eigenvalue weighted by Crippen LogP contribution is -1.96. The fourth-order valence-corrected chi connectivity index (χ4v) is 1.09. The van der Waals surface area contributed by atoms with Crippen LogP contribution >= 0.6 is 0 Å². The van der Waals surface area contributed by atoms with Crippen molar-refractivity contribution in [3.05, 3.63) is 47.8 Å². The van der Waals surface area contributed by atoms with Crippen molar-refractivity contribution in [2.75, 3.05) is 0 Å². The van der Waals surface area contributed by atoms with E-state index < -0.39 is 0 Å². The van der Waals surface area contributed by atoms with Gasteiger partial charge in [0.15, 0.2) is 0 Å². The quantitative estimate of drug-likeness (QED) is 0.632. The van der Waals surface area contributed by atoms with Crippen molar-refractivity contribution < 1.29 is 0 Å². The molecular weight excluding hydrogens is 150 g/mol. The number of hydrogen-bond donors (Lipinski definition) is 0. The molecule has 0 aliphatic carbocycles. The number of nitrogens with zero attached hydrogens (tertiary/aromatic N) is 3. The number of rotatable bonds is 2. The fraction of sp³-hybridized carbons (Fsp3) is 0.111. The second-order valence-electron chi connectivity index (χ2n) is 2.59. The normalized spacial score (nSPS) is 14.2. The van der Waals surface area contributed by atoms with Gasteiger partial charge in [-0.1, -0.05) is 30.3 Å². The molecule has 1 aliphatic rings. The maximum atomic E-state index is 3.85. The average molecular weight is 158 g/mol. The second kappa shape index (κ2) is 3.17. The first kappa shape index (κ1) is 7.03. The van der Waals surface area contributed by atoms with Crippen LogP contribution in [-0.4, -0.2) is 0 Å². The predicted molar refractivity (Wildman–Crippen MR) is 45.2 cm³/mol. The lowest BCUT2D eigenvalue weighted by molar-refractivity contribution is 0.822. The van der Waals surface area contributed by atoms with Crippen molar-refractivity contribution in [1.29, 1.82) is 0 Å². The predicted octanol–water partition coefficient (Wildman–Crippen LogP) is 2.06. The summed E-state index contributed by atoms with van der Waals surface area (Å²) in [5.41, 5.74) is 6.00. The Morgan fingerprint density at radius 3 is 2.58 bits per heavy atom. The standard InChI is InChI=1S/C9H8N3/c1-2-4-8(5-3-1)6-9-7-10-12-11-9/h1-5,7H,6H2. The van der Waals surface area contributed by atoms with Gasteiger partial charge in [0.05, 0.1) is 11.9 Å². The first-order valence-electron chi connectivity index (χ1n) is 3.79. The van der Waals surface area contributed by atoms with E-state index in [1.165, 1.54) is 5.56 Å². The molecule has 0 atom stereocenters. The topological polar surface area (TPSA) is 38.8 Å². The summed E-state index contributed by atoms with van der Waals surface area (Å²) < 4.78 is 0. The van der Waals surface area contributed by atoms with Crippen LogP contribution in [0.3, 0.4) is 0 Å². The van der Waals surface area contributed by atoms with Gasteiger partial charge in [-0.05, 0) is 10.8 Å². The third-order valence-electron chi connectivity index (χ3n) is 1.66. The Morgan fingerprint density at radius 2 is 1.92 bits per heavy atom. The molecule has 0 N–H and O–H groups in total. The molecule has 12 heavy (non-hydrogen) atoms. The molecular formula is C9H8N3. The fourth-order valence-electron chi connectivity index (χ4n) is 1.09. The molecule has 1 aliphatic heterocycles. The summed E-state index contributed by atoms with van der Waals surface area (Å²) in [6.07, 6.45) is 2.50. The molecule has 3 heteroatoms. The first-order chi connectivity index (χ1) is 5.95. The minimum atomic E-state index is 0.813. The summed E-state index contributed by atoms with van der Waals surface area (Å²) in [5, 5.41) is 7.18. The van der Waals surface area contributed by atoms with Crippen molar-refractivity contribution in [1.82, 2.24) is 5.43 Å². The molecule has 2 rings (SSSR count). The van der Waals surface area contributed by atoms with Crippen molar-refractivity contribution in [2.24, 2.45) is 10.3 Å². The highest BCUT2D eigenvalue weighted by Gasteiger charge is 2.03. The Balaban J connectivity index is 2.05. The Labute approximate surface area is 70.8 Å². The van der Waals surface area contributed by atoms with Gasteiger partial charge >= 0.3 is 0 Å². The van der Waals surface area contributed by atoms with Gasteiger partial charge in [-0.2, -0.15) is 0 Å². The van der Waals surface area contributed by atoms with Crippen molar-refractivity contribution in [3.63, 3.8) is 0 Å². The van der Waals surface area contributed by atoms with Gasteiger partial charge in [-0.25, -0.2) is 0 Å². The number of allylic oxidation sites excluding steroid dienone is 1. The number of hydrogen-bond acceptors (Lipinski definition) is 2. The molecule has 0 aromatic heterocycles. The second-order valence-corrected chi connectivity index (χ2v) is 2.59. The first-order valence-corrected chi connectivity index (χ1v) is 3.79. The van der Waals surface area contributed by atoms with Crippen molar-refractivity contribution in [2.45, 2.75) is 6.42 Å². The molecule has 0 spiro atoms. The van der Waals surface area contributed by atoms with Crippen LogP contribution in [-0.2, 0) is 6.42 Å². The van der Waals surface area contributed by atoms with E-state index in [0.29, 0.717) is 0 Å². The zero-order chi connectivity index (χ0) is 8.23. The van der Waals surface area contributed by atoms with E-state index in [4.69, 9.17) is 0 Å². The van der Waals surface area contributed by atoms with Crippen LogP contribution in [0.1, 0.15) is 5.56 Å². The number of benzene rings is 1. The summed E-state index contributed by atoms with van der Waals surface area (Å²) in [5.74, 6) is 0. The highest BCUT2D eigenvalue weighted by Crippen LogP contribution is 2.09. The summed E-state index contributed by atoms with van der Waals surface area (Å²) in [6.45, 7) is 0. The summed E-state index contributed by atoms with van der Waals surface area (Å²) in [6, 6.07) is 10.2. The minimum Gasteiger partial charge on any atom is -0.137 e. The third-order valence-corrected chi connectivity index (χ3v) is 1.66. The van der Waals surface area contributed by atoms with Crippen LogP contribution in [0.5, 0.6) is 0 Å². The molecule has 3 nitrogen and oxygen atoms in total. The van der Waals surface area contributed by atoms with Gasteiger partial charge in [0.25, 0.3) is 0 Å². The van der Waals surface area contributed by atoms with Gasteiger partial charge in [-0.15, -0.1) is 10.5 Å². The SMILES string of the molecule is C1=C(Cc2ccccc2)[N]N=N1. The van der Waals surface area contributed by atoms with E-state index in [1.54, 1.807) is 6.20 Å². The lowest BCUT2D eigenvalue weighted by atomic mass is 10.1. The van der Waals surface area contributed by atoms with E-state index in [-0.39, 0.29) is 0 Å². The molecule has 1 aromatic carbocycles. The van der Waals surface area contributed by atoms with Crippen molar-refractivity contribution in [3.8, 4) is 0 Å². The van der Waals surface area contributed by atoms with Crippen LogP contribution in [0.2, 0.25) is 0 Å². The molecule has 0 amide bonds. The monoisotopic (exact) mass is 158 g/mol. The zero-order valence-electron chi connectivity index (χ0n) is 6.51. The highest BCUT2D eigenvalue weighted by molar-refractivity contribution is 5.21. The Morgan fingerprint density at radius 1 is 1.08 bits per heavy atom. The Bertz CT molecular complexity index is 314. The van der Waals surface area contributed by atoms with Gasteiger partial charge in [0, 0.05) is 6.42 Å². The van der Waals surface area contributed by atoms with E-state index in [9.17, 15) is 0 Å². The molecule has 0 bridgehead atoms. The van der Waals surface area contributed by atoms with E-state index in [0.717, 1.165) is 12.1 Å². The van der Waals surface area contributed by atoms with Crippen LogP contribution in [0.25, 0.3) is 0 Å². The summed E-state index contributed by atoms with van der Waals surface area (Å²) in [7, 11) is 0. The highest BCUT2D eigenvalue weighted by atomic mass is 15.4. The molecule has 0 unspecified atom stereocenters. The largest absolute Gasteiger partial charge is 0.137 e. The maximum Gasteiger partial charge on any atom is 0.0894 e. The van der Waals surface area contributed by atoms with Crippen molar-refractivity contribution >= 4 is 0 Å². The summed E-state index contributed by atoms with van der Waals surface area (Å²) >= 11 is 0.